The first-order chi connectivity index (χ1) is 8.15. The molecule has 0 saturated carbocycles. The van der Waals surface area contributed by atoms with E-state index in [-0.39, 0.29) is 6.04 Å². The highest BCUT2D eigenvalue weighted by Crippen LogP contribution is 2.34. The lowest BCUT2D eigenvalue weighted by atomic mass is 10.0. The standard InChI is InChI=1S/C12H14BrN3S/c1-7-15-12(10-4-5-11(13)17-10)9-3-2-8(14)6-16(7)9/h4-5,8H,2-3,6,14H2,1H3. The van der Waals surface area contributed by atoms with Crippen molar-refractivity contribution >= 4 is 27.3 Å². The number of nitrogens with zero attached hydrogens (tertiary/aromatic N) is 2. The molecule has 0 saturated heterocycles. The van der Waals surface area contributed by atoms with Crippen LogP contribution in [-0.4, -0.2) is 15.6 Å². The van der Waals surface area contributed by atoms with Crippen molar-refractivity contribution in [3.05, 3.63) is 27.4 Å². The molecule has 0 radical (unpaired) electrons. The molecule has 1 atom stereocenters. The molecule has 0 fully saturated rings. The van der Waals surface area contributed by atoms with Gasteiger partial charge < -0.3 is 10.3 Å². The van der Waals surface area contributed by atoms with Crippen LogP contribution >= 0.6 is 27.3 Å². The van der Waals surface area contributed by atoms with Gasteiger partial charge in [0.1, 0.15) is 11.5 Å². The third kappa shape index (κ3) is 1.96. The van der Waals surface area contributed by atoms with Gasteiger partial charge in [-0.05, 0) is 47.8 Å². The third-order valence-corrected chi connectivity index (χ3v) is 4.87. The number of halogens is 1. The molecular weight excluding hydrogens is 298 g/mol. The van der Waals surface area contributed by atoms with E-state index in [0.29, 0.717) is 0 Å². The Morgan fingerprint density at radius 3 is 3.06 bits per heavy atom. The average molecular weight is 312 g/mol. The van der Waals surface area contributed by atoms with E-state index in [4.69, 9.17) is 10.7 Å². The van der Waals surface area contributed by atoms with E-state index in [9.17, 15) is 0 Å². The molecule has 3 heterocycles. The van der Waals surface area contributed by atoms with Gasteiger partial charge in [-0.2, -0.15) is 0 Å². The highest BCUT2D eigenvalue weighted by molar-refractivity contribution is 9.11. The van der Waals surface area contributed by atoms with Crippen molar-refractivity contribution in [2.24, 2.45) is 5.73 Å². The summed E-state index contributed by atoms with van der Waals surface area (Å²) in [7, 11) is 0. The molecule has 2 aromatic heterocycles. The van der Waals surface area contributed by atoms with Crippen molar-refractivity contribution in [2.75, 3.05) is 0 Å². The lowest BCUT2D eigenvalue weighted by Gasteiger charge is -2.22. The van der Waals surface area contributed by atoms with Crippen LogP contribution in [-0.2, 0) is 13.0 Å². The van der Waals surface area contributed by atoms with E-state index < -0.39 is 0 Å². The second-order valence-electron chi connectivity index (χ2n) is 4.47. The molecule has 5 heteroatoms. The van der Waals surface area contributed by atoms with Crippen molar-refractivity contribution in [3.8, 4) is 10.6 Å². The van der Waals surface area contributed by atoms with Crippen LogP contribution in [0.2, 0.25) is 0 Å². The number of hydrogen-bond donors (Lipinski definition) is 1. The fraction of sp³-hybridized carbons (Fsp3) is 0.417. The summed E-state index contributed by atoms with van der Waals surface area (Å²) in [6, 6.07) is 4.49. The van der Waals surface area contributed by atoms with Gasteiger partial charge in [-0.25, -0.2) is 4.98 Å². The Balaban J connectivity index is 2.10. The van der Waals surface area contributed by atoms with Gasteiger partial charge in [-0.1, -0.05) is 0 Å². The predicted octanol–water partition coefficient (Wildman–Crippen LogP) is 2.96. The SMILES string of the molecule is Cc1nc(-c2ccc(Br)s2)c2n1CC(N)CC2. The zero-order chi connectivity index (χ0) is 12.0. The van der Waals surface area contributed by atoms with Gasteiger partial charge in [0.15, 0.2) is 0 Å². The number of imidazole rings is 1. The molecule has 0 amide bonds. The number of thiophene rings is 1. The van der Waals surface area contributed by atoms with E-state index in [1.54, 1.807) is 11.3 Å². The molecule has 1 aliphatic rings. The molecule has 2 aromatic rings. The summed E-state index contributed by atoms with van der Waals surface area (Å²) in [6.45, 7) is 2.97. The summed E-state index contributed by atoms with van der Waals surface area (Å²) in [4.78, 5) is 5.95. The minimum Gasteiger partial charge on any atom is -0.330 e. The van der Waals surface area contributed by atoms with E-state index in [1.165, 1.54) is 10.6 Å². The highest BCUT2D eigenvalue weighted by Gasteiger charge is 2.23. The molecule has 0 aromatic carbocycles. The molecule has 0 spiro atoms. The number of aryl methyl sites for hydroxylation is 1. The van der Waals surface area contributed by atoms with Crippen molar-refractivity contribution in [3.63, 3.8) is 0 Å². The predicted molar refractivity (Wildman–Crippen MR) is 74.3 cm³/mol. The largest absolute Gasteiger partial charge is 0.330 e. The Morgan fingerprint density at radius 2 is 2.35 bits per heavy atom. The summed E-state index contributed by atoms with van der Waals surface area (Å²) in [5.41, 5.74) is 8.51. The second-order valence-corrected chi connectivity index (χ2v) is 6.93. The number of aromatic nitrogens is 2. The summed E-state index contributed by atoms with van der Waals surface area (Å²) >= 11 is 5.24. The number of rotatable bonds is 1. The number of hydrogen-bond acceptors (Lipinski definition) is 3. The van der Waals surface area contributed by atoms with Gasteiger partial charge in [0.05, 0.1) is 8.66 Å². The zero-order valence-electron chi connectivity index (χ0n) is 9.61. The van der Waals surface area contributed by atoms with Gasteiger partial charge in [0, 0.05) is 18.3 Å². The van der Waals surface area contributed by atoms with Crippen LogP contribution in [0.3, 0.4) is 0 Å². The van der Waals surface area contributed by atoms with Gasteiger partial charge in [-0.3, -0.25) is 0 Å². The third-order valence-electron chi connectivity index (χ3n) is 3.24. The monoisotopic (exact) mass is 311 g/mol. The molecule has 0 aliphatic carbocycles. The van der Waals surface area contributed by atoms with Crippen LogP contribution in [0.5, 0.6) is 0 Å². The Morgan fingerprint density at radius 1 is 1.53 bits per heavy atom. The quantitative estimate of drug-likeness (QED) is 0.880. The molecule has 3 rings (SSSR count). The van der Waals surface area contributed by atoms with E-state index in [2.05, 4.69) is 39.6 Å². The topological polar surface area (TPSA) is 43.8 Å². The van der Waals surface area contributed by atoms with Crippen molar-refractivity contribution in [2.45, 2.75) is 32.4 Å². The number of nitrogens with two attached hydrogens (primary N) is 1. The zero-order valence-corrected chi connectivity index (χ0v) is 12.0. The fourth-order valence-electron chi connectivity index (χ4n) is 2.39. The highest BCUT2D eigenvalue weighted by atomic mass is 79.9. The van der Waals surface area contributed by atoms with Gasteiger partial charge in [0.25, 0.3) is 0 Å². The van der Waals surface area contributed by atoms with Crippen LogP contribution in [0.1, 0.15) is 17.9 Å². The van der Waals surface area contributed by atoms with Gasteiger partial charge >= 0.3 is 0 Å². The summed E-state index contributed by atoms with van der Waals surface area (Å²) in [5, 5.41) is 0. The molecule has 3 nitrogen and oxygen atoms in total. The molecule has 1 aliphatic heterocycles. The molecule has 1 unspecified atom stereocenters. The Kier molecular flexibility index (Phi) is 2.84. The van der Waals surface area contributed by atoms with E-state index >= 15 is 0 Å². The smallest absolute Gasteiger partial charge is 0.106 e. The molecule has 0 bridgehead atoms. The van der Waals surface area contributed by atoms with Crippen molar-refractivity contribution in [1.82, 2.24) is 9.55 Å². The molecular formula is C12H14BrN3S. The van der Waals surface area contributed by atoms with Crippen molar-refractivity contribution < 1.29 is 0 Å². The Bertz CT molecular complexity index is 558. The van der Waals surface area contributed by atoms with Crippen molar-refractivity contribution in [1.29, 1.82) is 0 Å². The minimum atomic E-state index is 0.276. The summed E-state index contributed by atoms with van der Waals surface area (Å²) < 4.78 is 3.43. The van der Waals surface area contributed by atoms with Gasteiger partial charge in [0.2, 0.25) is 0 Å². The molecule has 17 heavy (non-hydrogen) atoms. The maximum atomic E-state index is 6.02. The first-order valence-electron chi connectivity index (χ1n) is 5.72. The lowest BCUT2D eigenvalue weighted by molar-refractivity contribution is 0.454. The first-order valence-corrected chi connectivity index (χ1v) is 7.33. The molecule has 90 valence electrons. The minimum absolute atomic E-state index is 0.276. The summed E-state index contributed by atoms with van der Waals surface area (Å²) in [6.07, 6.45) is 2.09. The van der Waals surface area contributed by atoms with Crippen LogP contribution in [0.25, 0.3) is 10.6 Å². The lowest BCUT2D eigenvalue weighted by Crippen LogP contribution is -2.32. The van der Waals surface area contributed by atoms with Gasteiger partial charge in [-0.15, -0.1) is 11.3 Å². The second kappa shape index (κ2) is 4.23. The van der Waals surface area contributed by atoms with Crippen LogP contribution in [0, 0.1) is 6.92 Å². The maximum Gasteiger partial charge on any atom is 0.106 e. The fourth-order valence-corrected chi connectivity index (χ4v) is 3.79. The van der Waals surface area contributed by atoms with Crippen LogP contribution in [0.4, 0.5) is 0 Å². The van der Waals surface area contributed by atoms with E-state index in [0.717, 1.165) is 34.7 Å². The van der Waals surface area contributed by atoms with Crippen LogP contribution in [0.15, 0.2) is 15.9 Å². The maximum absolute atomic E-state index is 6.02. The average Bonchev–Trinajstić information content (AvgIpc) is 2.84. The Hall–Kier alpha value is -0.650. The number of fused-ring (bicyclic) bond motifs is 1. The molecule has 2 N–H and O–H groups in total. The normalized spacial score (nSPS) is 19.4. The Labute approximate surface area is 113 Å². The van der Waals surface area contributed by atoms with E-state index in [1.807, 2.05) is 0 Å². The first kappa shape index (κ1) is 11.4. The van der Waals surface area contributed by atoms with Crippen LogP contribution < -0.4 is 5.73 Å². The summed E-state index contributed by atoms with van der Waals surface area (Å²) in [5.74, 6) is 1.08.